The lowest BCUT2D eigenvalue weighted by Gasteiger charge is -2.25. The third kappa shape index (κ3) is 3.47. The van der Waals surface area contributed by atoms with E-state index in [1.54, 1.807) is 6.33 Å². The van der Waals surface area contributed by atoms with Crippen molar-refractivity contribution in [2.45, 2.75) is 31.7 Å². The maximum atomic E-state index is 13.2. The number of imidazole rings is 1. The van der Waals surface area contributed by atoms with Crippen LogP contribution in [0.25, 0.3) is 11.0 Å². The Hall–Kier alpha value is -2.69. The zero-order valence-corrected chi connectivity index (χ0v) is 14.6. The zero-order chi connectivity index (χ0) is 17.9. The number of rotatable bonds is 3. The minimum atomic E-state index is -0.220. The summed E-state index contributed by atoms with van der Waals surface area (Å²) in [6, 6.07) is 14.5. The smallest absolute Gasteiger partial charge is 0.242 e. The lowest BCUT2D eigenvalue weighted by molar-refractivity contribution is -0.131. The molecule has 1 atom stereocenters. The van der Waals surface area contributed by atoms with E-state index in [1.807, 2.05) is 45.9 Å². The first kappa shape index (κ1) is 16.8. The highest BCUT2D eigenvalue weighted by atomic mass is 19.1. The number of hydrogen-bond donors (Lipinski definition) is 0. The van der Waals surface area contributed by atoms with Gasteiger partial charge >= 0.3 is 0 Å². The van der Waals surface area contributed by atoms with E-state index in [4.69, 9.17) is 0 Å². The van der Waals surface area contributed by atoms with Crippen molar-refractivity contribution in [3.8, 4) is 0 Å². The molecule has 0 saturated carbocycles. The van der Waals surface area contributed by atoms with Gasteiger partial charge in [0, 0.05) is 19.0 Å². The van der Waals surface area contributed by atoms with Crippen LogP contribution in [0.5, 0.6) is 0 Å². The number of nitrogens with zero attached hydrogens (tertiary/aromatic N) is 3. The number of benzene rings is 2. The molecule has 26 heavy (non-hydrogen) atoms. The van der Waals surface area contributed by atoms with Crippen LogP contribution < -0.4 is 0 Å². The Morgan fingerprint density at radius 3 is 2.77 bits per heavy atom. The monoisotopic (exact) mass is 351 g/mol. The van der Waals surface area contributed by atoms with E-state index in [2.05, 4.69) is 4.98 Å². The molecule has 1 aliphatic heterocycles. The summed E-state index contributed by atoms with van der Waals surface area (Å²) in [5.41, 5.74) is 2.99. The molecule has 1 amide bonds. The zero-order valence-electron chi connectivity index (χ0n) is 14.6. The lowest BCUT2D eigenvalue weighted by Crippen LogP contribution is -2.36. The fourth-order valence-electron chi connectivity index (χ4n) is 3.76. The second-order valence-electron chi connectivity index (χ2n) is 6.95. The van der Waals surface area contributed by atoms with Crippen LogP contribution >= 0.6 is 0 Å². The van der Waals surface area contributed by atoms with E-state index in [0.29, 0.717) is 13.1 Å². The van der Waals surface area contributed by atoms with Crippen LogP contribution in [-0.4, -0.2) is 33.4 Å². The normalized spacial score (nSPS) is 18.0. The Labute approximate surface area is 152 Å². The lowest BCUT2D eigenvalue weighted by atomic mass is 9.94. The maximum absolute atomic E-state index is 13.2. The maximum Gasteiger partial charge on any atom is 0.242 e. The van der Waals surface area contributed by atoms with Crippen molar-refractivity contribution in [2.24, 2.45) is 0 Å². The first-order chi connectivity index (χ1) is 12.7. The molecule has 0 unspecified atom stereocenters. The Bertz CT molecular complexity index is 903. The molecule has 0 spiro atoms. The van der Waals surface area contributed by atoms with Crippen LogP contribution in [0.1, 0.15) is 30.7 Å². The van der Waals surface area contributed by atoms with Crippen molar-refractivity contribution in [2.75, 3.05) is 13.1 Å². The minimum Gasteiger partial charge on any atom is -0.341 e. The summed E-state index contributed by atoms with van der Waals surface area (Å²) in [4.78, 5) is 19.2. The molecule has 1 aromatic heterocycles. The molecule has 5 heteroatoms. The van der Waals surface area contributed by atoms with Crippen molar-refractivity contribution >= 4 is 16.9 Å². The minimum absolute atomic E-state index is 0.113. The van der Waals surface area contributed by atoms with E-state index in [0.717, 1.165) is 42.4 Å². The van der Waals surface area contributed by atoms with Gasteiger partial charge in [0.25, 0.3) is 0 Å². The van der Waals surface area contributed by atoms with Crippen LogP contribution in [-0.2, 0) is 11.3 Å². The predicted molar refractivity (Wildman–Crippen MR) is 99.3 cm³/mol. The molecule has 0 aliphatic carbocycles. The van der Waals surface area contributed by atoms with Gasteiger partial charge < -0.3 is 9.47 Å². The first-order valence-electron chi connectivity index (χ1n) is 9.14. The average molecular weight is 351 g/mol. The number of amides is 1. The van der Waals surface area contributed by atoms with Crippen LogP contribution in [0, 0.1) is 5.82 Å². The molecule has 4 rings (SSSR count). The standard InChI is InChI=1S/C21H22FN3O/c22-18-10-8-16(9-11-18)17-5-3-4-12-24(13-17)21(26)14-25-15-23-19-6-1-2-7-20(19)25/h1-2,6-11,15,17H,3-5,12-14H2/t17-/m0/s1. The molecule has 134 valence electrons. The van der Waals surface area contributed by atoms with Crippen LogP contribution in [0.2, 0.25) is 0 Å². The summed E-state index contributed by atoms with van der Waals surface area (Å²) >= 11 is 0. The second kappa shape index (κ2) is 7.28. The molecule has 2 heterocycles. The Kier molecular flexibility index (Phi) is 4.69. The highest BCUT2D eigenvalue weighted by molar-refractivity contribution is 5.80. The first-order valence-corrected chi connectivity index (χ1v) is 9.14. The number of likely N-dealkylation sites (tertiary alicyclic amines) is 1. The summed E-state index contributed by atoms with van der Waals surface area (Å²) in [5, 5.41) is 0. The number of hydrogen-bond acceptors (Lipinski definition) is 2. The van der Waals surface area contributed by atoms with E-state index >= 15 is 0 Å². The van der Waals surface area contributed by atoms with Crippen molar-refractivity contribution < 1.29 is 9.18 Å². The molecule has 0 bridgehead atoms. The SMILES string of the molecule is O=C(Cn1cnc2ccccc21)N1CCCC[C@H](c2ccc(F)cc2)C1. The number of halogens is 1. The largest absolute Gasteiger partial charge is 0.341 e. The van der Waals surface area contributed by atoms with Gasteiger partial charge in [-0.15, -0.1) is 0 Å². The topological polar surface area (TPSA) is 38.1 Å². The number of fused-ring (bicyclic) bond motifs is 1. The van der Waals surface area contributed by atoms with Gasteiger partial charge in [-0.3, -0.25) is 4.79 Å². The van der Waals surface area contributed by atoms with E-state index in [1.165, 1.54) is 12.1 Å². The molecule has 1 aliphatic rings. The Morgan fingerprint density at radius 2 is 1.92 bits per heavy atom. The molecule has 0 N–H and O–H groups in total. The molecule has 2 aromatic carbocycles. The summed E-state index contributed by atoms with van der Waals surface area (Å²) in [7, 11) is 0. The summed E-state index contributed by atoms with van der Waals surface area (Å²) in [6.07, 6.45) is 4.86. The van der Waals surface area contributed by atoms with Crippen molar-refractivity contribution in [1.82, 2.24) is 14.5 Å². The number of carbonyl (C=O) groups is 1. The molecule has 1 fully saturated rings. The van der Waals surface area contributed by atoms with E-state index < -0.39 is 0 Å². The van der Waals surface area contributed by atoms with Gasteiger partial charge in [0.2, 0.25) is 5.91 Å². The highest BCUT2D eigenvalue weighted by Gasteiger charge is 2.23. The third-order valence-corrected chi connectivity index (χ3v) is 5.20. The number of aromatic nitrogens is 2. The Balaban J connectivity index is 1.50. The number of carbonyl (C=O) groups excluding carboxylic acids is 1. The average Bonchev–Trinajstić information content (AvgIpc) is 2.89. The summed E-state index contributed by atoms with van der Waals surface area (Å²) in [6.45, 7) is 1.77. The third-order valence-electron chi connectivity index (χ3n) is 5.20. The van der Waals surface area contributed by atoms with Crippen LogP contribution in [0.4, 0.5) is 4.39 Å². The van der Waals surface area contributed by atoms with Crippen LogP contribution in [0.3, 0.4) is 0 Å². The molecule has 1 saturated heterocycles. The van der Waals surface area contributed by atoms with Gasteiger partial charge in [-0.25, -0.2) is 9.37 Å². The summed E-state index contributed by atoms with van der Waals surface area (Å²) in [5.74, 6) is 0.158. The van der Waals surface area contributed by atoms with Crippen LogP contribution in [0.15, 0.2) is 54.9 Å². The molecule has 0 radical (unpaired) electrons. The molecular weight excluding hydrogens is 329 g/mol. The molecular formula is C21H22FN3O. The molecule has 4 nitrogen and oxygen atoms in total. The van der Waals surface area contributed by atoms with Crippen molar-refractivity contribution in [3.05, 3.63) is 66.2 Å². The fraction of sp³-hybridized carbons (Fsp3) is 0.333. The molecule has 3 aromatic rings. The second-order valence-corrected chi connectivity index (χ2v) is 6.95. The van der Waals surface area contributed by atoms with E-state index in [9.17, 15) is 9.18 Å². The quantitative estimate of drug-likeness (QED) is 0.716. The van der Waals surface area contributed by atoms with Gasteiger partial charge in [0.15, 0.2) is 0 Å². The van der Waals surface area contributed by atoms with Crippen molar-refractivity contribution in [1.29, 1.82) is 0 Å². The summed E-state index contributed by atoms with van der Waals surface area (Å²) < 4.78 is 15.1. The van der Waals surface area contributed by atoms with Crippen molar-refractivity contribution in [3.63, 3.8) is 0 Å². The highest BCUT2D eigenvalue weighted by Crippen LogP contribution is 2.27. The van der Waals surface area contributed by atoms with Gasteiger partial charge in [0.1, 0.15) is 12.4 Å². The Morgan fingerprint density at radius 1 is 1.12 bits per heavy atom. The fourth-order valence-corrected chi connectivity index (χ4v) is 3.76. The van der Waals surface area contributed by atoms with Gasteiger partial charge in [-0.1, -0.05) is 30.7 Å². The van der Waals surface area contributed by atoms with Gasteiger partial charge in [0.05, 0.1) is 17.4 Å². The van der Waals surface area contributed by atoms with Gasteiger partial charge in [-0.2, -0.15) is 0 Å². The number of para-hydroxylation sites is 2. The van der Waals surface area contributed by atoms with Gasteiger partial charge in [-0.05, 0) is 42.7 Å². The predicted octanol–water partition coefficient (Wildman–Crippen LogP) is 3.97. The van der Waals surface area contributed by atoms with E-state index in [-0.39, 0.29) is 17.6 Å².